The van der Waals surface area contributed by atoms with Crippen molar-refractivity contribution in [1.29, 1.82) is 5.26 Å². The maximum atomic E-state index is 12.9. The quantitative estimate of drug-likeness (QED) is 0.881. The van der Waals surface area contributed by atoms with Gasteiger partial charge in [0.25, 0.3) is 0 Å². The fourth-order valence-electron chi connectivity index (χ4n) is 3.02. The Morgan fingerprint density at radius 2 is 2.00 bits per heavy atom. The van der Waals surface area contributed by atoms with Gasteiger partial charge in [0.15, 0.2) is 0 Å². The van der Waals surface area contributed by atoms with Crippen LogP contribution in [0.25, 0.3) is 0 Å². The van der Waals surface area contributed by atoms with Crippen molar-refractivity contribution >= 4 is 11.6 Å². The van der Waals surface area contributed by atoms with E-state index in [-0.39, 0.29) is 17.4 Å². The molecule has 0 saturated carbocycles. The number of piperidine rings is 1. The molecule has 3 rings (SSSR count). The molecule has 6 nitrogen and oxygen atoms in total. The molecule has 1 saturated heterocycles. The molecular weight excluding hydrogens is 357 g/mol. The van der Waals surface area contributed by atoms with Crippen molar-refractivity contribution in [2.24, 2.45) is 0 Å². The third kappa shape index (κ3) is 4.45. The molecule has 0 atom stereocenters. The van der Waals surface area contributed by atoms with Crippen molar-refractivity contribution in [3.63, 3.8) is 0 Å². The van der Waals surface area contributed by atoms with Gasteiger partial charge < -0.3 is 10.2 Å². The van der Waals surface area contributed by atoms with E-state index in [2.05, 4.69) is 25.2 Å². The monoisotopic (exact) mass is 376 g/mol. The maximum absolute atomic E-state index is 12.9. The van der Waals surface area contributed by atoms with Gasteiger partial charge in [-0.2, -0.15) is 18.4 Å². The zero-order valence-corrected chi connectivity index (χ0v) is 14.8. The van der Waals surface area contributed by atoms with Crippen molar-refractivity contribution in [2.45, 2.75) is 38.4 Å². The third-order valence-electron chi connectivity index (χ3n) is 4.54. The molecule has 27 heavy (non-hydrogen) atoms. The predicted octanol–water partition coefficient (Wildman–Crippen LogP) is 3.41. The Balaban J connectivity index is 1.68. The SMILES string of the molecule is CCc1cc(N2CCC(Nc3nc(C(F)(F)F)ccc3C#N)CC2)ncn1. The van der Waals surface area contributed by atoms with Crippen LogP contribution in [0.5, 0.6) is 0 Å². The van der Waals surface area contributed by atoms with Gasteiger partial charge >= 0.3 is 6.18 Å². The van der Waals surface area contributed by atoms with E-state index in [9.17, 15) is 13.2 Å². The van der Waals surface area contributed by atoms with E-state index in [0.29, 0.717) is 25.9 Å². The van der Waals surface area contributed by atoms with Crippen LogP contribution >= 0.6 is 0 Å². The number of halogens is 3. The number of hydrogen-bond donors (Lipinski definition) is 1. The lowest BCUT2D eigenvalue weighted by atomic mass is 10.0. The van der Waals surface area contributed by atoms with Crippen molar-refractivity contribution in [1.82, 2.24) is 15.0 Å². The second kappa shape index (κ2) is 7.78. The van der Waals surface area contributed by atoms with Crippen LogP contribution in [0.3, 0.4) is 0 Å². The molecule has 3 heterocycles. The molecule has 1 N–H and O–H groups in total. The number of rotatable bonds is 4. The molecule has 0 unspecified atom stereocenters. The highest BCUT2D eigenvalue weighted by atomic mass is 19.4. The number of nitriles is 1. The van der Waals surface area contributed by atoms with Gasteiger partial charge in [0.2, 0.25) is 0 Å². The molecule has 2 aromatic heterocycles. The van der Waals surface area contributed by atoms with Crippen molar-refractivity contribution in [3.05, 3.63) is 41.5 Å². The van der Waals surface area contributed by atoms with Gasteiger partial charge in [-0.25, -0.2) is 15.0 Å². The number of hydrogen-bond acceptors (Lipinski definition) is 6. The molecule has 9 heteroatoms. The van der Waals surface area contributed by atoms with E-state index in [0.717, 1.165) is 30.1 Å². The van der Waals surface area contributed by atoms with Gasteiger partial charge in [-0.15, -0.1) is 0 Å². The lowest BCUT2D eigenvalue weighted by molar-refractivity contribution is -0.141. The molecular formula is C18H19F3N6. The van der Waals surface area contributed by atoms with Gasteiger partial charge in [0, 0.05) is 30.9 Å². The Bertz CT molecular complexity index is 838. The van der Waals surface area contributed by atoms with E-state index in [4.69, 9.17) is 5.26 Å². The molecule has 142 valence electrons. The van der Waals surface area contributed by atoms with Gasteiger partial charge in [-0.1, -0.05) is 6.92 Å². The topological polar surface area (TPSA) is 77.7 Å². The Hall–Kier alpha value is -2.89. The Labute approximate surface area is 155 Å². The minimum atomic E-state index is -4.54. The number of aromatic nitrogens is 3. The lowest BCUT2D eigenvalue weighted by Crippen LogP contribution is -2.40. The molecule has 0 spiro atoms. The number of anilines is 2. The van der Waals surface area contributed by atoms with E-state index < -0.39 is 11.9 Å². The van der Waals surface area contributed by atoms with Gasteiger partial charge in [0.1, 0.15) is 29.7 Å². The first kappa shape index (κ1) is 18.9. The summed E-state index contributed by atoms with van der Waals surface area (Å²) in [5.74, 6) is 0.844. The van der Waals surface area contributed by atoms with E-state index >= 15 is 0 Å². The maximum Gasteiger partial charge on any atom is 0.433 e. The molecule has 2 aromatic rings. The second-order valence-electron chi connectivity index (χ2n) is 6.33. The van der Waals surface area contributed by atoms with Crippen LogP contribution in [0, 0.1) is 11.3 Å². The fourth-order valence-corrected chi connectivity index (χ4v) is 3.02. The summed E-state index contributed by atoms with van der Waals surface area (Å²) in [6, 6.07) is 5.77. The summed E-state index contributed by atoms with van der Waals surface area (Å²) < 4.78 is 38.7. The van der Waals surface area contributed by atoms with Gasteiger partial charge in [0.05, 0.1) is 5.56 Å². The molecule has 0 bridgehead atoms. The summed E-state index contributed by atoms with van der Waals surface area (Å²) in [6.07, 6.45) is -0.768. The molecule has 0 aliphatic carbocycles. The van der Waals surface area contributed by atoms with Crippen LogP contribution < -0.4 is 10.2 Å². The van der Waals surface area contributed by atoms with Crippen molar-refractivity contribution in [2.75, 3.05) is 23.3 Å². The number of nitrogens with zero attached hydrogens (tertiary/aromatic N) is 5. The number of nitrogens with one attached hydrogen (secondary N) is 1. The van der Waals surface area contributed by atoms with Crippen LogP contribution in [-0.4, -0.2) is 34.1 Å². The Morgan fingerprint density at radius 1 is 1.26 bits per heavy atom. The summed E-state index contributed by atoms with van der Waals surface area (Å²) in [4.78, 5) is 14.2. The van der Waals surface area contributed by atoms with Crippen molar-refractivity contribution < 1.29 is 13.2 Å². The summed E-state index contributed by atoms with van der Waals surface area (Å²) in [5, 5.41) is 12.2. The van der Waals surface area contributed by atoms with Gasteiger partial charge in [-0.05, 0) is 31.4 Å². The Morgan fingerprint density at radius 3 is 2.63 bits per heavy atom. The molecule has 0 radical (unpaired) electrons. The highest BCUT2D eigenvalue weighted by Gasteiger charge is 2.33. The minimum Gasteiger partial charge on any atom is -0.366 e. The van der Waals surface area contributed by atoms with E-state index in [1.165, 1.54) is 0 Å². The third-order valence-corrected chi connectivity index (χ3v) is 4.54. The molecule has 1 aliphatic heterocycles. The van der Waals surface area contributed by atoms with Gasteiger partial charge in [-0.3, -0.25) is 0 Å². The van der Waals surface area contributed by atoms with Crippen molar-refractivity contribution in [3.8, 4) is 6.07 Å². The molecule has 0 amide bonds. The van der Waals surface area contributed by atoms with Crippen LogP contribution in [0.1, 0.15) is 36.7 Å². The largest absolute Gasteiger partial charge is 0.433 e. The van der Waals surface area contributed by atoms with E-state index in [1.54, 1.807) is 6.33 Å². The van der Waals surface area contributed by atoms with Crippen LogP contribution in [-0.2, 0) is 12.6 Å². The minimum absolute atomic E-state index is 0.0129. The van der Waals surface area contributed by atoms with Crippen LogP contribution in [0.4, 0.5) is 24.8 Å². The smallest absolute Gasteiger partial charge is 0.366 e. The predicted molar refractivity (Wildman–Crippen MR) is 94.2 cm³/mol. The first-order chi connectivity index (χ1) is 12.9. The molecule has 0 aromatic carbocycles. The summed E-state index contributed by atoms with van der Waals surface area (Å²) in [5.41, 5.74) is 0.0652. The first-order valence-corrected chi connectivity index (χ1v) is 8.71. The summed E-state index contributed by atoms with van der Waals surface area (Å²) in [6.45, 7) is 3.44. The summed E-state index contributed by atoms with van der Waals surface area (Å²) >= 11 is 0. The number of aryl methyl sites for hydroxylation is 1. The standard InChI is InChI=1S/C18H19F3N6/c1-2-13-9-16(24-11-23-13)27-7-5-14(6-8-27)25-17-12(10-22)3-4-15(26-17)18(19,20)21/h3-4,9,11,14H,2,5-8H2,1H3,(H,25,26). The van der Waals surface area contributed by atoms with E-state index in [1.807, 2.05) is 19.1 Å². The normalized spacial score (nSPS) is 15.4. The lowest BCUT2D eigenvalue weighted by Gasteiger charge is -2.33. The average Bonchev–Trinajstić information content (AvgIpc) is 2.68. The highest BCUT2D eigenvalue weighted by Crippen LogP contribution is 2.30. The second-order valence-corrected chi connectivity index (χ2v) is 6.33. The fraction of sp³-hybridized carbons (Fsp3) is 0.444. The molecule has 1 fully saturated rings. The summed E-state index contributed by atoms with van der Waals surface area (Å²) in [7, 11) is 0. The number of alkyl halides is 3. The number of pyridine rings is 1. The van der Waals surface area contributed by atoms with Crippen LogP contribution in [0.15, 0.2) is 24.5 Å². The Kier molecular flexibility index (Phi) is 5.44. The zero-order chi connectivity index (χ0) is 19.4. The molecule has 1 aliphatic rings. The first-order valence-electron chi connectivity index (χ1n) is 8.71. The average molecular weight is 376 g/mol. The van der Waals surface area contributed by atoms with Crippen LogP contribution in [0.2, 0.25) is 0 Å². The zero-order valence-electron chi connectivity index (χ0n) is 14.8. The highest BCUT2D eigenvalue weighted by molar-refractivity contribution is 5.53.